The van der Waals surface area contributed by atoms with Crippen LogP contribution in [0, 0.1) is 12.7 Å². The molecule has 1 aromatic carbocycles. The van der Waals surface area contributed by atoms with Crippen LogP contribution in [0.1, 0.15) is 46.6 Å². The largest absolute Gasteiger partial charge is 0.497 e. The molecule has 4 nitrogen and oxygen atoms in total. The highest BCUT2D eigenvalue weighted by Gasteiger charge is 2.14. The summed E-state index contributed by atoms with van der Waals surface area (Å²) >= 11 is 0. The minimum absolute atomic E-state index is 0.145. The molecule has 0 radical (unpaired) electrons. The van der Waals surface area contributed by atoms with Crippen LogP contribution in [0.15, 0.2) is 60.6 Å². The molecule has 3 rings (SSSR count). The summed E-state index contributed by atoms with van der Waals surface area (Å²) in [6.45, 7) is 5.67. The van der Waals surface area contributed by atoms with Crippen LogP contribution < -0.4 is 4.74 Å². The Morgan fingerprint density at radius 3 is 2.34 bits per heavy atom. The molecule has 0 fully saturated rings. The number of nitrogens with zero attached hydrogens (tertiary/aromatic N) is 2. The minimum Gasteiger partial charge on any atom is -0.497 e. The number of rotatable bonds is 6. The summed E-state index contributed by atoms with van der Waals surface area (Å²) in [6.07, 6.45) is 4.36. The molecule has 2 heterocycles. The number of benzene rings is 1. The Kier molecular flexibility index (Phi) is 6.17. The van der Waals surface area contributed by atoms with Gasteiger partial charge in [-0.2, -0.15) is 0 Å². The van der Waals surface area contributed by atoms with E-state index in [1.807, 2.05) is 50.2 Å². The molecule has 29 heavy (non-hydrogen) atoms. The number of carbonyl (C=O) groups excluding carboxylic acids is 1. The molecule has 2 aromatic heterocycles. The van der Waals surface area contributed by atoms with Gasteiger partial charge in [-0.3, -0.25) is 14.8 Å². The van der Waals surface area contributed by atoms with Crippen molar-refractivity contribution in [3.63, 3.8) is 0 Å². The molecule has 0 saturated carbocycles. The molecular weight excluding hydrogens is 367 g/mol. The molecule has 5 heteroatoms. The fourth-order valence-corrected chi connectivity index (χ4v) is 3.19. The summed E-state index contributed by atoms with van der Waals surface area (Å²) in [7, 11) is 1.64. The van der Waals surface area contributed by atoms with E-state index in [1.54, 1.807) is 20.2 Å². The summed E-state index contributed by atoms with van der Waals surface area (Å²) in [4.78, 5) is 20.9. The van der Waals surface area contributed by atoms with Crippen LogP contribution in [0.2, 0.25) is 0 Å². The summed E-state index contributed by atoms with van der Waals surface area (Å²) in [6, 6.07) is 11.6. The van der Waals surface area contributed by atoms with E-state index in [2.05, 4.69) is 9.97 Å². The maximum absolute atomic E-state index is 13.7. The van der Waals surface area contributed by atoms with E-state index >= 15 is 0 Å². The summed E-state index contributed by atoms with van der Waals surface area (Å²) < 4.78 is 18.9. The lowest BCUT2D eigenvalue weighted by Crippen LogP contribution is -2.08. The van der Waals surface area contributed by atoms with Crippen molar-refractivity contribution in [3.05, 3.63) is 94.3 Å². The molecule has 0 aliphatic heterocycles. The average molecular weight is 390 g/mol. The second kappa shape index (κ2) is 8.78. The number of carbonyl (C=O) groups is 1. The lowest BCUT2D eigenvalue weighted by atomic mass is 9.96. The monoisotopic (exact) mass is 390 g/mol. The average Bonchev–Trinajstić information content (AvgIpc) is 2.71. The second-order valence-corrected chi connectivity index (χ2v) is 7.05. The summed E-state index contributed by atoms with van der Waals surface area (Å²) in [5.74, 6) is 0.143. The van der Waals surface area contributed by atoms with E-state index in [4.69, 9.17) is 4.74 Å². The first-order valence-corrected chi connectivity index (χ1v) is 9.31. The van der Waals surface area contributed by atoms with E-state index < -0.39 is 5.82 Å². The van der Waals surface area contributed by atoms with Gasteiger partial charge in [0.2, 0.25) is 0 Å². The fourth-order valence-electron chi connectivity index (χ4n) is 3.19. The van der Waals surface area contributed by atoms with Crippen molar-refractivity contribution in [1.29, 1.82) is 0 Å². The van der Waals surface area contributed by atoms with Crippen LogP contribution in [-0.2, 0) is 6.42 Å². The Morgan fingerprint density at radius 2 is 1.76 bits per heavy atom. The van der Waals surface area contributed by atoms with Gasteiger partial charge in [-0.25, -0.2) is 4.39 Å². The van der Waals surface area contributed by atoms with Crippen LogP contribution in [0.5, 0.6) is 5.75 Å². The third kappa shape index (κ3) is 4.57. The lowest BCUT2D eigenvalue weighted by Gasteiger charge is -2.12. The molecule has 3 aromatic rings. The number of aromatic nitrogens is 2. The zero-order chi connectivity index (χ0) is 21.0. The third-order valence-corrected chi connectivity index (χ3v) is 4.78. The Bertz CT molecular complexity index is 1050. The van der Waals surface area contributed by atoms with Gasteiger partial charge in [0.25, 0.3) is 0 Å². The number of allylic oxidation sites excluding steroid dienone is 1. The smallest absolute Gasteiger partial charge is 0.169 e. The highest BCUT2D eigenvalue weighted by atomic mass is 19.1. The van der Waals surface area contributed by atoms with Crippen LogP contribution in [-0.4, -0.2) is 22.9 Å². The quantitative estimate of drug-likeness (QED) is 0.543. The van der Waals surface area contributed by atoms with Crippen molar-refractivity contribution in [2.45, 2.75) is 27.2 Å². The van der Waals surface area contributed by atoms with Crippen molar-refractivity contribution >= 4 is 11.4 Å². The number of ketones is 1. The van der Waals surface area contributed by atoms with Gasteiger partial charge in [-0.15, -0.1) is 0 Å². The molecule has 0 bridgehead atoms. The van der Waals surface area contributed by atoms with E-state index in [0.717, 1.165) is 39.9 Å². The molecule has 0 aliphatic rings. The number of Topliss-reactive ketones (excluding diaryl/α,β-unsaturated/α-hetero) is 1. The first-order valence-electron chi connectivity index (χ1n) is 9.31. The zero-order valence-electron chi connectivity index (χ0n) is 17.0. The van der Waals surface area contributed by atoms with Crippen LogP contribution in [0.25, 0.3) is 5.57 Å². The van der Waals surface area contributed by atoms with Crippen molar-refractivity contribution in [2.75, 3.05) is 7.11 Å². The molecule has 0 amide bonds. The lowest BCUT2D eigenvalue weighted by molar-refractivity contribution is 0.0991. The third-order valence-electron chi connectivity index (χ3n) is 4.78. The Morgan fingerprint density at radius 1 is 1.03 bits per heavy atom. The number of methoxy groups -OCH3 is 1. The maximum Gasteiger partial charge on any atom is 0.169 e. The van der Waals surface area contributed by atoms with E-state index in [9.17, 15) is 9.18 Å². The Hall–Kier alpha value is -3.34. The van der Waals surface area contributed by atoms with Crippen LogP contribution in [0.3, 0.4) is 0 Å². The predicted octanol–water partition coefficient (Wildman–Crippen LogP) is 5.20. The maximum atomic E-state index is 13.7. The minimum atomic E-state index is -0.475. The predicted molar refractivity (Wildman–Crippen MR) is 112 cm³/mol. The molecule has 0 unspecified atom stereocenters. The molecule has 148 valence electrons. The van der Waals surface area contributed by atoms with Gasteiger partial charge in [0, 0.05) is 30.0 Å². The highest BCUT2D eigenvalue weighted by Crippen LogP contribution is 2.27. The van der Waals surface area contributed by atoms with E-state index in [1.165, 1.54) is 6.20 Å². The van der Waals surface area contributed by atoms with Crippen LogP contribution in [0.4, 0.5) is 4.39 Å². The summed E-state index contributed by atoms with van der Waals surface area (Å²) in [5.41, 5.74) is 5.44. The van der Waals surface area contributed by atoms with Crippen molar-refractivity contribution < 1.29 is 13.9 Å². The number of halogens is 1. The Balaban J connectivity index is 1.83. The molecule has 0 atom stereocenters. The normalized spacial score (nSPS) is 10.5. The Labute approximate surface area is 170 Å². The number of ether oxygens (including phenoxy) is 1. The topological polar surface area (TPSA) is 52.1 Å². The molecule has 0 spiro atoms. The first-order chi connectivity index (χ1) is 13.9. The van der Waals surface area contributed by atoms with Gasteiger partial charge in [0.1, 0.15) is 11.6 Å². The van der Waals surface area contributed by atoms with E-state index in [0.29, 0.717) is 11.1 Å². The molecule has 0 N–H and O–H groups in total. The van der Waals surface area contributed by atoms with Crippen molar-refractivity contribution in [1.82, 2.24) is 9.97 Å². The number of hydrogen-bond acceptors (Lipinski definition) is 4. The van der Waals surface area contributed by atoms with E-state index in [-0.39, 0.29) is 12.2 Å². The highest BCUT2D eigenvalue weighted by molar-refractivity contribution is 5.98. The summed E-state index contributed by atoms with van der Waals surface area (Å²) in [5, 5.41) is 0. The number of pyridine rings is 2. The van der Waals surface area contributed by atoms with Gasteiger partial charge >= 0.3 is 0 Å². The second-order valence-electron chi connectivity index (χ2n) is 7.05. The zero-order valence-corrected chi connectivity index (χ0v) is 17.0. The molecule has 0 saturated heterocycles. The van der Waals surface area contributed by atoms with Crippen LogP contribution >= 0.6 is 0 Å². The standard InChI is InChI=1S/C24H23FN2O2/c1-15(2)24(18-6-8-19(29-4)9-7-18)22-10-5-17(12-27-22)11-23(28)20-13-26-14-21(25)16(20)3/h5-10,12-14H,11H2,1-4H3. The van der Waals surface area contributed by atoms with Gasteiger partial charge in [0.15, 0.2) is 5.78 Å². The van der Waals surface area contributed by atoms with Gasteiger partial charge in [-0.05, 0) is 55.7 Å². The SMILES string of the molecule is COc1ccc(C(=C(C)C)c2ccc(CC(=O)c3cncc(F)c3C)cn2)cc1. The van der Waals surface area contributed by atoms with Gasteiger partial charge in [0.05, 0.1) is 19.0 Å². The molecule has 0 aliphatic carbocycles. The first kappa shape index (κ1) is 20.4. The van der Waals surface area contributed by atoms with Gasteiger partial charge < -0.3 is 4.74 Å². The fraction of sp³-hybridized carbons (Fsp3) is 0.208. The number of hydrogen-bond donors (Lipinski definition) is 0. The van der Waals surface area contributed by atoms with Crippen molar-refractivity contribution in [3.8, 4) is 5.75 Å². The molecular formula is C24H23FN2O2. The van der Waals surface area contributed by atoms with Gasteiger partial charge in [-0.1, -0.05) is 23.8 Å². The van der Waals surface area contributed by atoms with Crippen molar-refractivity contribution in [2.24, 2.45) is 0 Å².